The van der Waals surface area contributed by atoms with E-state index in [9.17, 15) is 9.59 Å². The standard InChI is InChI=1S/C20H23N5O3S/c1-13-7-9-15(10-8-13)21-17(26)12-24(3)19(27)14(2)29-20-23-22-18(25(20)4)16-6-5-11-28-16/h5-11,14H,12H2,1-4H3,(H,21,26)/t14-/m1/s1. The van der Waals surface area contributed by atoms with Crippen LogP contribution in [0.3, 0.4) is 0 Å². The molecule has 1 atom stereocenters. The van der Waals surface area contributed by atoms with Crippen molar-refractivity contribution in [3.8, 4) is 11.6 Å². The lowest BCUT2D eigenvalue weighted by Gasteiger charge is -2.20. The molecule has 9 heteroatoms. The van der Waals surface area contributed by atoms with Crippen LogP contribution in [0.4, 0.5) is 5.69 Å². The predicted molar refractivity (Wildman–Crippen MR) is 111 cm³/mol. The molecule has 0 spiro atoms. The third-order valence-electron chi connectivity index (χ3n) is 4.30. The number of nitrogens with zero attached hydrogens (tertiary/aromatic N) is 4. The van der Waals surface area contributed by atoms with Gasteiger partial charge >= 0.3 is 0 Å². The van der Waals surface area contributed by atoms with E-state index in [0.717, 1.165) is 5.56 Å². The summed E-state index contributed by atoms with van der Waals surface area (Å²) in [7, 11) is 3.43. The van der Waals surface area contributed by atoms with E-state index in [-0.39, 0.29) is 18.4 Å². The lowest BCUT2D eigenvalue weighted by Crippen LogP contribution is -2.39. The Balaban J connectivity index is 1.56. The number of hydrogen-bond donors (Lipinski definition) is 1. The van der Waals surface area contributed by atoms with Crippen molar-refractivity contribution in [1.82, 2.24) is 19.7 Å². The number of amides is 2. The molecule has 3 rings (SSSR count). The van der Waals surface area contributed by atoms with E-state index < -0.39 is 5.25 Å². The average molecular weight is 414 g/mol. The number of thioether (sulfide) groups is 1. The van der Waals surface area contributed by atoms with Gasteiger partial charge in [0.1, 0.15) is 0 Å². The van der Waals surface area contributed by atoms with E-state index in [4.69, 9.17) is 4.42 Å². The third kappa shape index (κ3) is 5.05. The summed E-state index contributed by atoms with van der Waals surface area (Å²) >= 11 is 1.28. The summed E-state index contributed by atoms with van der Waals surface area (Å²) in [6.45, 7) is 3.72. The monoisotopic (exact) mass is 413 g/mol. The molecule has 8 nitrogen and oxygen atoms in total. The van der Waals surface area contributed by atoms with Crippen molar-refractivity contribution in [2.24, 2.45) is 7.05 Å². The molecule has 2 heterocycles. The molecule has 3 aromatic rings. The number of likely N-dealkylation sites (N-methyl/N-ethyl adjacent to an activating group) is 1. The van der Waals surface area contributed by atoms with Crippen molar-refractivity contribution in [1.29, 1.82) is 0 Å². The van der Waals surface area contributed by atoms with Gasteiger partial charge < -0.3 is 19.2 Å². The zero-order chi connectivity index (χ0) is 21.0. The molecule has 0 fully saturated rings. The largest absolute Gasteiger partial charge is 0.461 e. The van der Waals surface area contributed by atoms with Crippen LogP contribution in [-0.2, 0) is 16.6 Å². The molecule has 0 unspecified atom stereocenters. The number of carbonyl (C=O) groups is 2. The summed E-state index contributed by atoms with van der Waals surface area (Å²) in [6, 6.07) is 11.1. The molecule has 2 amide bonds. The van der Waals surface area contributed by atoms with E-state index in [1.165, 1.54) is 16.7 Å². The summed E-state index contributed by atoms with van der Waals surface area (Å²) in [5.74, 6) is 0.774. The first-order valence-electron chi connectivity index (χ1n) is 9.06. The highest BCUT2D eigenvalue weighted by Crippen LogP contribution is 2.26. The van der Waals surface area contributed by atoms with Gasteiger partial charge in [0.25, 0.3) is 0 Å². The Kier molecular flexibility index (Phi) is 6.38. The second kappa shape index (κ2) is 8.95. The summed E-state index contributed by atoms with van der Waals surface area (Å²) in [5, 5.41) is 11.2. The molecule has 1 aromatic carbocycles. The van der Waals surface area contributed by atoms with Gasteiger partial charge in [0, 0.05) is 19.8 Å². The SMILES string of the molecule is Cc1ccc(NC(=O)CN(C)C(=O)[C@@H](C)Sc2nnc(-c3ccco3)n2C)cc1. The number of anilines is 1. The minimum Gasteiger partial charge on any atom is -0.461 e. The number of aromatic nitrogens is 3. The molecule has 2 aromatic heterocycles. The molecule has 29 heavy (non-hydrogen) atoms. The lowest BCUT2D eigenvalue weighted by atomic mass is 10.2. The predicted octanol–water partition coefficient (Wildman–Crippen LogP) is 2.96. The van der Waals surface area contributed by atoms with Gasteiger partial charge in [-0.25, -0.2) is 0 Å². The van der Waals surface area contributed by atoms with E-state index in [2.05, 4.69) is 15.5 Å². The number of aryl methyl sites for hydroxylation is 1. The second-order valence-electron chi connectivity index (χ2n) is 6.71. The highest BCUT2D eigenvalue weighted by atomic mass is 32.2. The molecule has 0 radical (unpaired) electrons. The summed E-state index contributed by atoms with van der Waals surface area (Å²) < 4.78 is 7.13. The minimum atomic E-state index is -0.431. The maximum atomic E-state index is 12.7. The van der Waals surface area contributed by atoms with Crippen molar-refractivity contribution in [2.75, 3.05) is 18.9 Å². The smallest absolute Gasteiger partial charge is 0.243 e. The Labute approximate surface area is 173 Å². The van der Waals surface area contributed by atoms with Crippen LogP contribution in [0.1, 0.15) is 12.5 Å². The van der Waals surface area contributed by atoms with Gasteiger partial charge in [0.05, 0.1) is 18.1 Å². The van der Waals surface area contributed by atoms with Crippen LogP contribution >= 0.6 is 11.8 Å². The molecule has 1 N–H and O–H groups in total. The summed E-state index contributed by atoms with van der Waals surface area (Å²) in [5.41, 5.74) is 1.81. The number of benzene rings is 1. The number of rotatable bonds is 7. The number of hydrogen-bond acceptors (Lipinski definition) is 6. The van der Waals surface area contributed by atoms with Crippen molar-refractivity contribution >= 4 is 29.3 Å². The van der Waals surface area contributed by atoms with Crippen LogP contribution in [0.5, 0.6) is 0 Å². The van der Waals surface area contributed by atoms with Gasteiger partial charge in [0.2, 0.25) is 11.8 Å². The molecular formula is C20H23N5O3S. The number of nitrogens with one attached hydrogen (secondary N) is 1. The molecule has 0 saturated heterocycles. The molecule has 0 bridgehead atoms. The first-order valence-corrected chi connectivity index (χ1v) is 9.94. The topological polar surface area (TPSA) is 93.3 Å². The van der Waals surface area contributed by atoms with Gasteiger partial charge in [-0.15, -0.1) is 10.2 Å². The fraction of sp³-hybridized carbons (Fsp3) is 0.300. The molecule has 0 saturated carbocycles. The van der Waals surface area contributed by atoms with E-state index in [1.807, 2.05) is 38.2 Å². The quantitative estimate of drug-likeness (QED) is 0.599. The average Bonchev–Trinajstić information content (AvgIpc) is 3.33. The second-order valence-corrected chi connectivity index (χ2v) is 8.02. The first-order chi connectivity index (χ1) is 13.8. The van der Waals surface area contributed by atoms with Gasteiger partial charge in [-0.1, -0.05) is 29.5 Å². The van der Waals surface area contributed by atoms with Crippen molar-refractivity contribution < 1.29 is 14.0 Å². The zero-order valence-electron chi connectivity index (χ0n) is 16.7. The number of furan rings is 1. The van der Waals surface area contributed by atoms with E-state index >= 15 is 0 Å². The van der Waals surface area contributed by atoms with Crippen LogP contribution in [0.2, 0.25) is 0 Å². The van der Waals surface area contributed by atoms with Crippen LogP contribution in [0, 0.1) is 6.92 Å². The van der Waals surface area contributed by atoms with Crippen molar-refractivity contribution in [2.45, 2.75) is 24.3 Å². The third-order valence-corrected chi connectivity index (χ3v) is 5.42. The van der Waals surface area contributed by atoms with Crippen molar-refractivity contribution in [3.05, 3.63) is 48.2 Å². The zero-order valence-corrected chi connectivity index (χ0v) is 17.6. The lowest BCUT2D eigenvalue weighted by molar-refractivity contribution is -0.132. The molecular weight excluding hydrogens is 390 g/mol. The molecule has 0 aliphatic heterocycles. The normalized spacial score (nSPS) is 11.9. The van der Waals surface area contributed by atoms with E-state index in [1.54, 1.807) is 36.9 Å². The van der Waals surface area contributed by atoms with Gasteiger partial charge in [-0.3, -0.25) is 9.59 Å². The van der Waals surface area contributed by atoms with Crippen LogP contribution in [0.25, 0.3) is 11.6 Å². The maximum absolute atomic E-state index is 12.7. The van der Waals surface area contributed by atoms with Crippen molar-refractivity contribution in [3.63, 3.8) is 0 Å². The Bertz CT molecular complexity index is 982. The molecule has 0 aliphatic rings. The minimum absolute atomic E-state index is 0.0337. The van der Waals surface area contributed by atoms with Crippen LogP contribution < -0.4 is 5.32 Å². The van der Waals surface area contributed by atoms with E-state index in [0.29, 0.717) is 22.4 Å². The van der Waals surface area contributed by atoms with Crippen LogP contribution in [0.15, 0.2) is 52.2 Å². The highest BCUT2D eigenvalue weighted by molar-refractivity contribution is 8.00. The Morgan fingerprint density at radius 2 is 1.97 bits per heavy atom. The molecule has 0 aliphatic carbocycles. The Hall–Kier alpha value is -3.07. The summed E-state index contributed by atoms with van der Waals surface area (Å²) in [4.78, 5) is 26.3. The Morgan fingerprint density at radius 3 is 2.62 bits per heavy atom. The van der Waals surface area contributed by atoms with Gasteiger partial charge in [-0.2, -0.15) is 0 Å². The summed E-state index contributed by atoms with van der Waals surface area (Å²) in [6.07, 6.45) is 1.57. The van der Waals surface area contributed by atoms with Gasteiger partial charge in [0.15, 0.2) is 16.7 Å². The van der Waals surface area contributed by atoms with Gasteiger partial charge in [-0.05, 0) is 38.1 Å². The maximum Gasteiger partial charge on any atom is 0.243 e. The first kappa shape index (κ1) is 20.7. The fourth-order valence-electron chi connectivity index (χ4n) is 2.69. The molecule has 152 valence electrons. The Morgan fingerprint density at radius 1 is 1.24 bits per heavy atom. The van der Waals surface area contributed by atoms with Crippen LogP contribution in [-0.4, -0.2) is 50.3 Å². The number of carbonyl (C=O) groups excluding carboxylic acids is 2. The highest BCUT2D eigenvalue weighted by Gasteiger charge is 2.23. The fourth-order valence-corrected chi connectivity index (χ4v) is 3.62.